The Bertz CT molecular complexity index is 1070. The number of aliphatic hydroxyl groups excluding tert-OH is 2. The number of aliphatic hydroxyl groups is 2. The number of Topliss-reactive ketones (excluding diaryl/α,β-unsaturated/α-hetero) is 1. The molecular weight excluding hydrogens is 466 g/mol. The van der Waals surface area contributed by atoms with Gasteiger partial charge in [0.05, 0.1) is 29.6 Å². The molecule has 0 aromatic carbocycles. The molecule has 3 rings (SSSR count). The molecule has 36 heavy (non-hydrogen) atoms. The number of carbonyl (C=O) groups is 3. The molecule has 9 nitrogen and oxygen atoms in total. The molecule has 7 atom stereocenters. The lowest BCUT2D eigenvalue weighted by molar-refractivity contribution is -0.156. The Morgan fingerprint density at radius 2 is 1.81 bits per heavy atom. The zero-order chi connectivity index (χ0) is 26.7. The summed E-state index contributed by atoms with van der Waals surface area (Å²) in [5.41, 5.74) is 0.580. The fraction of sp³-hybridized carbons (Fsp3) is 0.519. The zero-order valence-corrected chi connectivity index (χ0v) is 21.5. The van der Waals surface area contributed by atoms with Crippen LogP contribution < -0.4 is 5.32 Å². The van der Waals surface area contributed by atoms with E-state index in [1.165, 1.54) is 13.2 Å². The van der Waals surface area contributed by atoms with Gasteiger partial charge in [0, 0.05) is 31.8 Å². The highest BCUT2D eigenvalue weighted by Gasteiger charge is 2.45. The topological polar surface area (TPSA) is 131 Å². The molecule has 0 radical (unpaired) electrons. The summed E-state index contributed by atoms with van der Waals surface area (Å²) in [7, 11) is 3.06. The standard InChI is InChI=1S/C27H35NO8/c1-13-8-7-9-19(34-5)22(30)14(2)10-15(3)25-20(35-6)11-16(4)26(36-25)21-23(31)17(28-27(13)33)12-18(29)24(21)32/h7-10,12,15-16,19-20,22,25-26,30-31H,11H2,1-6H3,(H,28,33)/b9-7-,13-8+,14-10+/t15-,16-,19-,20-,22-,25+,26+/m0/s1. The smallest absolute Gasteiger partial charge is 0.251 e. The summed E-state index contributed by atoms with van der Waals surface area (Å²) >= 11 is 0. The number of ketones is 2. The largest absolute Gasteiger partial charge is 0.505 e. The van der Waals surface area contributed by atoms with E-state index in [1.807, 2.05) is 19.9 Å². The van der Waals surface area contributed by atoms with Gasteiger partial charge in [-0.05, 0) is 31.8 Å². The van der Waals surface area contributed by atoms with Gasteiger partial charge in [0.15, 0.2) is 0 Å². The molecule has 1 amide bonds. The molecule has 4 bridgehead atoms. The average Bonchev–Trinajstić information content (AvgIpc) is 2.84. The van der Waals surface area contributed by atoms with E-state index >= 15 is 0 Å². The molecular formula is C27H35NO8. The summed E-state index contributed by atoms with van der Waals surface area (Å²) in [5, 5.41) is 24.4. The Balaban J connectivity index is 2.15. The quantitative estimate of drug-likeness (QED) is 0.298. The molecule has 196 valence electrons. The molecule has 0 aromatic heterocycles. The number of methoxy groups -OCH3 is 2. The Labute approximate surface area is 211 Å². The lowest BCUT2D eigenvalue weighted by atomic mass is 9.80. The Morgan fingerprint density at radius 3 is 2.44 bits per heavy atom. The minimum Gasteiger partial charge on any atom is -0.505 e. The maximum absolute atomic E-state index is 12.9. The van der Waals surface area contributed by atoms with Gasteiger partial charge in [-0.2, -0.15) is 0 Å². The number of nitrogens with one attached hydrogen (secondary N) is 1. The highest BCUT2D eigenvalue weighted by atomic mass is 16.5. The normalized spacial score (nSPS) is 38.2. The number of hydrogen-bond donors (Lipinski definition) is 3. The van der Waals surface area contributed by atoms with Crippen LogP contribution in [0.2, 0.25) is 0 Å². The number of rotatable bonds is 2. The van der Waals surface area contributed by atoms with E-state index in [1.54, 1.807) is 33.1 Å². The third kappa shape index (κ3) is 5.59. The van der Waals surface area contributed by atoms with Gasteiger partial charge in [0.2, 0.25) is 11.6 Å². The number of fused-ring (bicyclic) bond motifs is 4. The highest BCUT2D eigenvalue weighted by Crippen LogP contribution is 2.37. The van der Waals surface area contributed by atoms with Crippen molar-refractivity contribution in [2.45, 2.75) is 64.6 Å². The molecule has 0 aromatic rings. The van der Waals surface area contributed by atoms with Crippen LogP contribution in [0.3, 0.4) is 0 Å². The molecule has 3 N–H and O–H groups in total. The van der Waals surface area contributed by atoms with Gasteiger partial charge in [-0.3, -0.25) is 14.4 Å². The second-order valence-electron chi connectivity index (χ2n) is 9.63. The van der Waals surface area contributed by atoms with Crippen molar-refractivity contribution in [1.29, 1.82) is 0 Å². The minimum absolute atomic E-state index is 0.157. The van der Waals surface area contributed by atoms with Crippen LogP contribution in [0, 0.1) is 11.8 Å². The third-order valence-electron chi connectivity index (χ3n) is 6.98. The number of allylic oxidation sites excluding steroid dienone is 3. The third-order valence-corrected chi connectivity index (χ3v) is 6.98. The maximum atomic E-state index is 12.9. The highest BCUT2D eigenvalue weighted by molar-refractivity contribution is 6.48. The first-order chi connectivity index (χ1) is 17.0. The van der Waals surface area contributed by atoms with Gasteiger partial charge in [0.25, 0.3) is 5.91 Å². The predicted octanol–water partition coefficient (Wildman–Crippen LogP) is 2.23. The number of carbonyl (C=O) groups excluding carboxylic acids is 3. The van der Waals surface area contributed by atoms with Crippen LogP contribution in [0.25, 0.3) is 0 Å². The Kier molecular flexibility index (Phi) is 8.84. The van der Waals surface area contributed by atoms with E-state index in [-0.39, 0.29) is 34.8 Å². The van der Waals surface area contributed by atoms with Crippen molar-refractivity contribution in [3.05, 3.63) is 58.6 Å². The predicted molar refractivity (Wildman–Crippen MR) is 132 cm³/mol. The van der Waals surface area contributed by atoms with Gasteiger partial charge < -0.3 is 29.7 Å². The minimum atomic E-state index is -0.957. The lowest BCUT2D eigenvalue weighted by Crippen LogP contribution is -2.50. The molecule has 2 heterocycles. The summed E-state index contributed by atoms with van der Waals surface area (Å²) in [6.07, 6.45) is 4.64. The van der Waals surface area contributed by atoms with Gasteiger partial charge >= 0.3 is 0 Å². The van der Waals surface area contributed by atoms with E-state index in [0.29, 0.717) is 12.0 Å². The summed E-state index contributed by atoms with van der Waals surface area (Å²) < 4.78 is 17.5. The fourth-order valence-corrected chi connectivity index (χ4v) is 4.86. The van der Waals surface area contributed by atoms with Crippen molar-refractivity contribution < 1.29 is 38.8 Å². The van der Waals surface area contributed by atoms with Crippen molar-refractivity contribution in [2.24, 2.45) is 11.8 Å². The second kappa shape index (κ2) is 11.5. The Morgan fingerprint density at radius 1 is 1.11 bits per heavy atom. The number of hydrogen-bond acceptors (Lipinski definition) is 8. The SMILES string of the molecule is CO[C@H]1/C=C\C=C(/C)C(=O)NC2=CC(=O)C(=O)C(=C2O)[C@@H]2O[C@@H]([C@@H](OC)C[C@@H]2C)[C@@H](C)/C=C(\C)[C@@H]1O. The van der Waals surface area contributed by atoms with Gasteiger partial charge in [-0.15, -0.1) is 0 Å². The van der Waals surface area contributed by atoms with E-state index in [9.17, 15) is 24.6 Å². The van der Waals surface area contributed by atoms with E-state index in [4.69, 9.17) is 14.2 Å². The first-order valence-corrected chi connectivity index (χ1v) is 12.0. The van der Waals surface area contributed by atoms with Gasteiger partial charge in [-0.25, -0.2) is 0 Å². The lowest BCUT2D eigenvalue weighted by Gasteiger charge is -2.43. The second-order valence-corrected chi connectivity index (χ2v) is 9.63. The van der Waals surface area contributed by atoms with Crippen molar-refractivity contribution in [2.75, 3.05) is 14.2 Å². The number of ether oxygens (including phenoxy) is 3. The summed E-state index contributed by atoms with van der Waals surface area (Å²) in [6, 6.07) is 0. The van der Waals surface area contributed by atoms with E-state index in [0.717, 1.165) is 6.08 Å². The molecule has 3 aliphatic rings. The fourth-order valence-electron chi connectivity index (χ4n) is 4.86. The Hall–Kier alpha value is -2.85. The molecule has 0 unspecified atom stereocenters. The van der Waals surface area contributed by atoms with Crippen LogP contribution >= 0.6 is 0 Å². The molecule has 0 saturated carbocycles. The molecule has 1 aliphatic carbocycles. The van der Waals surface area contributed by atoms with Crippen molar-refractivity contribution >= 4 is 17.5 Å². The zero-order valence-electron chi connectivity index (χ0n) is 21.5. The summed E-state index contributed by atoms with van der Waals surface area (Å²) in [4.78, 5) is 38.2. The van der Waals surface area contributed by atoms with Crippen LogP contribution in [0.4, 0.5) is 0 Å². The first kappa shape index (κ1) is 27.7. The first-order valence-electron chi connectivity index (χ1n) is 12.0. The van der Waals surface area contributed by atoms with E-state index < -0.39 is 47.6 Å². The van der Waals surface area contributed by atoms with Crippen LogP contribution in [0.15, 0.2) is 58.6 Å². The van der Waals surface area contributed by atoms with Gasteiger partial charge in [0.1, 0.15) is 18.0 Å². The molecule has 9 heteroatoms. The molecule has 1 saturated heterocycles. The van der Waals surface area contributed by atoms with E-state index in [2.05, 4.69) is 5.32 Å². The molecule has 2 aliphatic heterocycles. The van der Waals surface area contributed by atoms with Crippen LogP contribution in [0.1, 0.15) is 34.1 Å². The summed E-state index contributed by atoms with van der Waals surface area (Å²) in [6.45, 7) is 7.09. The van der Waals surface area contributed by atoms with Crippen LogP contribution in [-0.4, -0.2) is 72.4 Å². The van der Waals surface area contributed by atoms with Gasteiger partial charge in [-0.1, -0.05) is 38.2 Å². The molecule has 0 spiro atoms. The van der Waals surface area contributed by atoms with Crippen LogP contribution in [0.5, 0.6) is 0 Å². The molecule has 1 fully saturated rings. The summed E-state index contributed by atoms with van der Waals surface area (Å²) in [5.74, 6) is -3.32. The maximum Gasteiger partial charge on any atom is 0.251 e. The monoisotopic (exact) mass is 501 g/mol. The number of amides is 1. The van der Waals surface area contributed by atoms with Crippen LogP contribution in [-0.2, 0) is 28.6 Å². The average molecular weight is 502 g/mol. The van der Waals surface area contributed by atoms with Crippen molar-refractivity contribution in [3.8, 4) is 0 Å². The van der Waals surface area contributed by atoms with Crippen molar-refractivity contribution in [3.63, 3.8) is 0 Å². The van der Waals surface area contributed by atoms with Crippen molar-refractivity contribution in [1.82, 2.24) is 5.32 Å².